The van der Waals surface area contributed by atoms with E-state index >= 15 is 0 Å². The largest absolute Gasteiger partial charge is 0.422 e. The van der Waals surface area contributed by atoms with Crippen molar-refractivity contribution in [2.45, 2.75) is 0 Å². The maximum atomic E-state index is 11.5. The molecule has 108 valence electrons. The summed E-state index contributed by atoms with van der Waals surface area (Å²) in [5.41, 5.74) is -1.41. The van der Waals surface area contributed by atoms with E-state index in [1.165, 1.54) is 12.1 Å². The van der Waals surface area contributed by atoms with Crippen LogP contribution in [0.5, 0.6) is 11.8 Å². The third kappa shape index (κ3) is 3.19. The van der Waals surface area contributed by atoms with E-state index in [9.17, 15) is 19.2 Å². The Kier molecular flexibility index (Phi) is 4.53. The predicted octanol–water partition coefficient (Wildman–Crippen LogP) is 2.01. The van der Waals surface area contributed by atoms with Crippen molar-refractivity contribution < 1.29 is 14.3 Å². The van der Waals surface area contributed by atoms with Crippen LogP contribution >= 0.6 is 31.9 Å². The first kappa shape index (κ1) is 15.4. The van der Waals surface area contributed by atoms with Crippen LogP contribution in [0.15, 0.2) is 30.7 Å². The SMILES string of the molecule is O=Cc1cc(Br)c(Oc2[nH]c(=O)c(C=O)cc2Br)[nH]c1=O. The van der Waals surface area contributed by atoms with E-state index in [0.29, 0.717) is 21.5 Å². The van der Waals surface area contributed by atoms with Crippen LogP contribution in [0.25, 0.3) is 0 Å². The van der Waals surface area contributed by atoms with E-state index in [1.807, 2.05) is 0 Å². The molecule has 2 rings (SSSR count). The molecule has 7 nitrogen and oxygen atoms in total. The predicted molar refractivity (Wildman–Crippen MR) is 80.4 cm³/mol. The topological polar surface area (TPSA) is 109 Å². The van der Waals surface area contributed by atoms with Crippen molar-refractivity contribution in [3.63, 3.8) is 0 Å². The van der Waals surface area contributed by atoms with Crippen LogP contribution in [0.4, 0.5) is 0 Å². The first-order chi connectivity index (χ1) is 9.96. The van der Waals surface area contributed by atoms with Gasteiger partial charge in [-0.1, -0.05) is 0 Å². The third-order valence-electron chi connectivity index (χ3n) is 2.43. The fourth-order valence-corrected chi connectivity index (χ4v) is 2.28. The van der Waals surface area contributed by atoms with Crippen molar-refractivity contribution >= 4 is 44.4 Å². The number of rotatable bonds is 4. The molecule has 0 saturated carbocycles. The minimum Gasteiger partial charge on any atom is -0.422 e. The Labute approximate surface area is 133 Å². The van der Waals surface area contributed by atoms with Crippen molar-refractivity contribution in [1.82, 2.24) is 9.97 Å². The first-order valence-electron chi connectivity index (χ1n) is 5.40. The molecule has 0 bridgehead atoms. The summed E-state index contributed by atoms with van der Waals surface area (Å²) in [6.45, 7) is 0. The van der Waals surface area contributed by atoms with Gasteiger partial charge in [0.2, 0.25) is 11.8 Å². The van der Waals surface area contributed by atoms with Gasteiger partial charge in [-0.15, -0.1) is 0 Å². The van der Waals surface area contributed by atoms with Crippen molar-refractivity contribution in [1.29, 1.82) is 0 Å². The molecule has 0 atom stereocenters. The summed E-state index contributed by atoms with van der Waals surface area (Å²) in [5, 5.41) is 0. The molecule has 0 aliphatic rings. The van der Waals surface area contributed by atoms with Gasteiger partial charge < -0.3 is 4.74 Å². The van der Waals surface area contributed by atoms with Crippen LogP contribution in [0.1, 0.15) is 20.7 Å². The molecular formula is C12H6Br2N2O5. The first-order valence-corrected chi connectivity index (χ1v) is 6.98. The molecular weight excluding hydrogens is 412 g/mol. The molecule has 0 aromatic carbocycles. The molecule has 2 N–H and O–H groups in total. The fraction of sp³-hybridized carbons (Fsp3) is 0. The second-order valence-electron chi connectivity index (χ2n) is 3.80. The summed E-state index contributed by atoms with van der Waals surface area (Å²) in [6, 6.07) is 2.57. The van der Waals surface area contributed by atoms with Gasteiger partial charge in [-0.25, -0.2) is 0 Å². The Bertz CT molecular complexity index is 771. The lowest BCUT2D eigenvalue weighted by molar-refractivity contribution is 0.111. The van der Waals surface area contributed by atoms with Crippen LogP contribution in [0.2, 0.25) is 0 Å². The molecule has 0 fully saturated rings. The highest BCUT2D eigenvalue weighted by Crippen LogP contribution is 2.29. The van der Waals surface area contributed by atoms with Gasteiger partial charge in [0.15, 0.2) is 12.6 Å². The van der Waals surface area contributed by atoms with Gasteiger partial charge in [0.05, 0.1) is 20.1 Å². The maximum absolute atomic E-state index is 11.5. The monoisotopic (exact) mass is 416 g/mol. The summed E-state index contributed by atoms with van der Waals surface area (Å²) in [4.78, 5) is 49.1. The Morgan fingerprint density at radius 3 is 1.57 bits per heavy atom. The quantitative estimate of drug-likeness (QED) is 0.739. The van der Waals surface area contributed by atoms with Crippen LogP contribution in [-0.4, -0.2) is 22.5 Å². The average molecular weight is 418 g/mol. The number of H-pyrrole nitrogens is 2. The molecule has 2 aromatic rings. The summed E-state index contributed by atoms with van der Waals surface area (Å²) < 4.78 is 6.00. The van der Waals surface area contributed by atoms with E-state index < -0.39 is 11.1 Å². The maximum Gasteiger partial charge on any atom is 0.261 e. The van der Waals surface area contributed by atoms with Crippen LogP contribution in [-0.2, 0) is 0 Å². The minimum atomic E-state index is -0.633. The fourth-order valence-electron chi connectivity index (χ4n) is 1.43. The Morgan fingerprint density at radius 1 is 0.857 bits per heavy atom. The van der Waals surface area contributed by atoms with Gasteiger partial charge in [0, 0.05) is 0 Å². The summed E-state index contributed by atoms with van der Waals surface area (Å²) >= 11 is 6.27. The molecule has 0 saturated heterocycles. The van der Waals surface area contributed by atoms with E-state index in [0.717, 1.165) is 0 Å². The van der Waals surface area contributed by atoms with E-state index in [-0.39, 0.29) is 22.9 Å². The molecule has 2 heterocycles. The molecule has 0 amide bonds. The molecule has 0 unspecified atom stereocenters. The zero-order chi connectivity index (χ0) is 15.6. The number of ether oxygens (including phenoxy) is 1. The number of carbonyl (C=O) groups is 2. The van der Waals surface area contributed by atoms with Gasteiger partial charge in [0.1, 0.15) is 0 Å². The lowest BCUT2D eigenvalue weighted by atomic mass is 10.3. The van der Waals surface area contributed by atoms with E-state index in [2.05, 4.69) is 41.8 Å². The summed E-state index contributed by atoms with van der Waals surface area (Å²) in [6.07, 6.45) is 0.814. The smallest absolute Gasteiger partial charge is 0.261 e. The average Bonchev–Trinajstić information content (AvgIpc) is 2.45. The minimum absolute atomic E-state index is 0.000744. The standard InChI is InChI=1S/C12H6Br2N2O5/c13-7-1-5(3-17)9(19)15-11(7)21-12-8(14)2-6(4-18)10(20)16-12/h1-4H,(H,15,19)(H,16,20). The summed E-state index contributed by atoms with van der Waals surface area (Å²) in [7, 11) is 0. The molecule has 2 aromatic heterocycles. The highest BCUT2D eigenvalue weighted by molar-refractivity contribution is 9.11. The second-order valence-corrected chi connectivity index (χ2v) is 5.51. The number of aromatic amines is 2. The Hall–Kier alpha value is -2.00. The van der Waals surface area contributed by atoms with Crippen molar-refractivity contribution in [3.8, 4) is 11.8 Å². The highest BCUT2D eigenvalue weighted by Gasteiger charge is 2.12. The summed E-state index contributed by atoms with van der Waals surface area (Å²) in [5.74, 6) is 0.00149. The molecule has 0 aliphatic carbocycles. The molecule has 0 aliphatic heterocycles. The van der Waals surface area contributed by atoms with Crippen molar-refractivity contribution in [2.75, 3.05) is 0 Å². The van der Waals surface area contributed by atoms with Gasteiger partial charge in [-0.3, -0.25) is 29.1 Å². The van der Waals surface area contributed by atoms with Gasteiger partial charge in [0.25, 0.3) is 11.1 Å². The zero-order valence-electron chi connectivity index (χ0n) is 10.1. The van der Waals surface area contributed by atoms with Gasteiger partial charge in [-0.2, -0.15) is 0 Å². The zero-order valence-corrected chi connectivity index (χ0v) is 13.3. The van der Waals surface area contributed by atoms with Gasteiger partial charge >= 0.3 is 0 Å². The number of halogens is 2. The van der Waals surface area contributed by atoms with Crippen LogP contribution in [0.3, 0.4) is 0 Å². The second kappa shape index (κ2) is 6.19. The Morgan fingerprint density at radius 2 is 1.24 bits per heavy atom. The van der Waals surface area contributed by atoms with Gasteiger partial charge in [-0.05, 0) is 44.0 Å². The number of pyridine rings is 2. The number of aromatic nitrogens is 2. The van der Waals surface area contributed by atoms with Crippen molar-refractivity contribution in [2.24, 2.45) is 0 Å². The van der Waals surface area contributed by atoms with E-state index in [1.54, 1.807) is 0 Å². The van der Waals surface area contributed by atoms with Crippen LogP contribution in [0, 0.1) is 0 Å². The number of nitrogens with one attached hydrogen (secondary N) is 2. The number of carbonyl (C=O) groups excluding carboxylic acids is 2. The molecule has 0 radical (unpaired) electrons. The number of aldehydes is 2. The third-order valence-corrected chi connectivity index (χ3v) is 3.61. The molecule has 21 heavy (non-hydrogen) atoms. The van der Waals surface area contributed by atoms with E-state index in [4.69, 9.17) is 4.74 Å². The molecule has 9 heteroatoms. The lowest BCUT2D eigenvalue weighted by Gasteiger charge is -2.09. The highest BCUT2D eigenvalue weighted by atomic mass is 79.9. The van der Waals surface area contributed by atoms with Crippen LogP contribution < -0.4 is 15.9 Å². The normalized spacial score (nSPS) is 10.2. The Balaban J connectivity index is 2.48. The molecule has 0 spiro atoms. The number of hydrogen-bond donors (Lipinski definition) is 2. The lowest BCUT2D eigenvalue weighted by Crippen LogP contribution is -2.15. The van der Waals surface area contributed by atoms with Crippen molar-refractivity contribution in [3.05, 3.63) is 52.9 Å². The number of hydrogen-bond acceptors (Lipinski definition) is 5.